The maximum Gasteiger partial charge on any atom is 0.261 e. The van der Waals surface area contributed by atoms with Crippen molar-refractivity contribution in [2.24, 2.45) is 0 Å². The lowest BCUT2D eigenvalue weighted by molar-refractivity contribution is -0.117. The van der Waals surface area contributed by atoms with Crippen molar-refractivity contribution in [1.82, 2.24) is 5.32 Å². The molecule has 0 bridgehead atoms. The minimum absolute atomic E-state index is 0.237. The Balaban J connectivity index is 1.49. The van der Waals surface area contributed by atoms with Gasteiger partial charge < -0.3 is 20.7 Å². The molecule has 1 aliphatic rings. The van der Waals surface area contributed by atoms with Gasteiger partial charge in [-0.25, -0.2) is 0 Å². The van der Waals surface area contributed by atoms with E-state index in [1.165, 1.54) is 11.3 Å². The second kappa shape index (κ2) is 8.82. The molecular formula is C19H23N3O3S. The number of hydrogen-bond acceptors (Lipinski definition) is 5. The van der Waals surface area contributed by atoms with Crippen molar-refractivity contribution >= 4 is 34.5 Å². The number of carbonyl (C=O) groups excluding carboxylic acids is 2. The number of carbonyl (C=O) groups is 2. The van der Waals surface area contributed by atoms with Crippen molar-refractivity contribution in [3.63, 3.8) is 0 Å². The third kappa shape index (κ3) is 5.06. The van der Waals surface area contributed by atoms with Crippen LogP contribution in [-0.4, -0.2) is 37.1 Å². The van der Waals surface area contributed by atoms with Gasteiger partial charge in [-0.2, -0.15) is 0 Å². The van der Waals surface area contributed by atoms with Gasteiger partial charge in [0.1, 0.15) is 6.04 Å². The first-order valence-corrected chi connectivity index (χ1v) is 9.59. The fourth-order valence-electron chi connectivity index (χ4n) is 2.72. The van der Waals surface area contributed by atoms with Gasteiger partial charge in [-0.05, 0) is 55.5 Å². The summed E-state index contributed by atoms with van der Waals surface area (Å²) < 4.78 is 5.36. The van der Waals surface area contributed by atoms with Gasteiger partial charge in [0.05, 0.1) is 4.88 Å². The van der Waals surface area contributed by atoms with Crippen molar-refractivity contribution in [2.75, 3.05) is 23.8 Å². The van der Waals surface area contributed by atoms with E-state index in [9.17, 15) is 9.59 Å². The summed E-state index contributed by atoms with van der Waals surface area (Å²) >= 11 is 1.35. The molecule has 6 nitrogen and oxygen atoms in total. The lowest BCUT2D eigenvalue weighted by Crippen LogP contribution is -2.41. The zero-order valence-corrected chi connectivity index (χ0v) is 15.5. The van der Waals surface area contributed by atoms with E-state index in [2.05, 4.69) is 16.0 Å². The summed E-state index contributed by atoms with van der Waals surface area (Å²) in [5.41, 5.74) is 1.72. The van der Waals surface area contributed by atoms with Crippen LogP contribution in [-0.2, 0) is 9.53 Å². The van der Waals surface area contributed by atoms with Crippen LogP contribution in [0.2, 0.25) is 0 Å². The van der Waals surface area contributed by atoms with E-state index in [4.69, 9.17) is 4.74 Å². The Bertz CT molecular complexity index is 725. The van der Waals surface area contributed by atoms with Gasteiger partial charge in [-0.1, -0.05) is 6.07 Å². The maximum absolute atomic E-state index is 12.3. The molecule has 138 valence electrons. The quantitative estimate of drug-likeness (QED) is 0.727. The van der Waals surface area contributed by atoms with E-state index in [1.807, 2.05) is 29.6 Å². The van der Waals surface area contributed by atoms with Crippen LogP contribution in [0.4, 0.5) is 11.4 Å². The summed E-state index contributed by atoms with van der Waals surface area (Å²) in [6.07, 6.45) is 2.00. The zero-order valence-electron chi connectivity index (χ0n) is 14.7. The van der Waals surface area contributed by atoms with Crippen molar-refractivity contribution in [3.05, 3.63) is 46.7 Å². The van der Waals surface area contributed by atoms with Crippen LogP contribution in [0, 0.1) is 0 Å². The predicted molar refractivity (Wildman–Crippen MR) is 104 cm³/mol. The zero-order chi connectivity index (χ0) is 18.4. The average Bonchev–Trinajstić information content (AvgIpc) is 3.19. The molecule has 0 saturated carbocycles. The van der Waals surface area contributed by atoms with Crippen LogP contribution in [0.3, 0.4) is 0 Å². The highest BCUT2D eigenvalue weighted by molar-refractivity contribution is 7.12. The number of hydrogen-bond donors (Lipinski definition) is 3. The van der Waals surface area contributed by atoms with Gasteiger partial charge in [-0.15, -0.1) is 11.3 Å². The summed E-state index contributed by atoms with van der Waals surface area (Å²) in [7, 11) is 0. The molecule has 1 atom stereocenters. The van der Waals surface area contributed by atoms with E-state index in [1.54, 1.807) is 19.1 Å². The van der Waals surface area contributed by atoms with Crippen molar-refractivity contribution in [1.29, 1.82) is 0 Å². The summed E-state index contributed by atoms with van der Waals surface area (Å²) in [5, 5.41) is 10.8. The highest BCUT2D eigenvalue weighted by atomic mass is 32.1. The highest BCUT2D eigenvalue weighted by Gasteiger charge is 2.17. The summed E-state index contributed by atoms with van der Waals surface area (Å²) in [6.45, 7) is 3.25. The molecule has 2 aromatic rings. The summed E-state index contributed by atoms with van der Waals surface area (Å²) in [5.74, 6) is -0.487. The molecule has 0 spiro atoms. The molecule has 1 aromatic heterocycles. The normalized spacial score (nSPS) is 15.9. The van der Waals surface area contributed by atoms with Crippen molar-refractivity contribution < 1.29 is 14.3 Å². The van der Waals surface area contributed by atoms with Gasteiger partial charge in [0.15, 0.2) is 0 Å². The smallest absolute Gasteiger partial charge is 0.261 e. The van der Waals surface area contributed by atoms with Gasteiger partial charge >= 0.3 is 0 Å². The first kappa shape index (κ1) is 18.4. The van der Waals surface area contributed by atoms with Gasteiger partial charge in [0, 0.05) is 30.6 Å². The molecule has 1 aliphatic heterocycles. The van der Waals surface area contributed by atoms with E-state index >= 15 is 0 Å². The number of benzene rings is 1. The fraction of sp³-hybridized carbons (Fsp3) is 0.368. The minimum atomic E-state index is -0.621. The predicted octanol–water partition coefficient (Wildman–Crippen LogP) is 3.10. The number of anilines is 2. The van der Waals surface area contributed by atoms with Gasteiger partial charge in [0.25, 0.3) is 5.91 Å². The Morgan fingerprint density at radius 3 is 2.46 bits per heavy atom. The molecule has 3 rings (SSSR count). The monoisotopic (exact) mass is 373 g/mol. The van der Waals surface area contributed by atoms with E-state index in [0.29, 0.717) is 16.6 Å². The third-order valence-corrected chi connectivity index (χ3v) is 5.10. The number of amides is 2. The minimum Gasteiger partial charge on any atom is -0.382 e. The number of nitrogens with one attached hydrogen (secondary N) is 3. The van der Waals surface area contributed by atoms with Gasteiger partial charge in [0.2, 0.25) is 5.91 Å². The maximum atomic E-state index is 12.3. The fourth-order valence-corrected chi connectivity index (χ4v) is 3.35. The Hall–Kier alpha value is -2.38. The molecule has 0 aliphatic carbocycles. The molecule has 1 unspecified atom stereocenters. The van der Waals surface area contributed by atoms with Crippen molar-refractivity contribution in [2.45, 2.75) is 31.8 Å². The molecule has 1 fully saturated rings. The molecule has 2 heterocycles. The van der Waals surface area contributed by atoms with Crippen LogP contribution < -0.4 is 16.0 Å². The Morgan fingerprint density at radius 1 is 1.12 bits per heavy atom. The van der Waals surface area contributed by atoms with Gasteiger partial charge in [-0.3, -0.25) is 9.59 Å². The number of rotatable bonds is 6. The number of thiophene rings is 1. The van der Waals surface area contributed by atoms with Crippen LogP contribution in [0.5, 0.6) is 0 Å². The van der Waals surface area contributed by atoms with E-state index in [-0.39, 0.29) is 11.8 Å². The first-order valence-electron chi connectivity index (χ1n) is 8.71. The standard InChI is InChI=1S/C19H23N3O3S/c1-13(20-19(24)17-3-2-12-26-17)18(23)22-15-6-4-14(5-7-15)21-16-8-10-25-11-9-16/h2-7,12-13,16,21H,8-11H2,1H3,(H,20,24)(H,22,23). The Kier molecular flexibility index (Phi) is 6.25. The van der Waals surface area contributed by atoms with E-state index in [0.717, 1.165) is 31.7 Å². The molecule has 7 heteroatoms. The molecule has 1 saturated heterocycles. The SMILES string of the molecule is CC(NC(=O)c1cccs1)C(=O)Nc1ccc(NC2CCOCC2)cc1. The Morgan fingerprint density at radius 2 is 1.81 bits per heavy atom. The number of ether oxygens (including phenoxy) is 1. The van der Waals surface area contributed by atoms with Crippen LogP contribution in [0.15, 0.2) is 41.8 Å². The lowest BCUT2D eigenvalue weighted by Gasteiger charge is -2.24. The first-order chi connectivity index (χ1) is 12.6. The summed E-state index contributed by atoms with van der Waals surface area (Å²) in [4.78, 5) is 24.9. The molecule has 26 heavy (non-hydrogen) atoms. The van der Waals surface area contributed by atoms with Crippen molar-refractivity contribution in [3.8, 4) is 0 Å². The Labute approximate surface area is 156 Å². The molecular weight excluding hydrogens is 350 g/mol. The third-order valence-electron chi connectivity index (χ3n) is 4.23. The lowest BCUT2D eigenvalue weighted by atomic mass is 10.1. The van der Waals surface area contributed by atoms with Crippen LogP contribution in [0.25, 0.3) is 0 Å². The highest BCUT2D eigenvalue weighted by Crippen LogP contribution is 2.18. The molecule has 2 amide bonds. The molecule has 0 radical (unpaired) electrons. The van der Waals surface area contributed by atoms with Crippen LogP contribution in [0.1, 0.15) is 29.4 Å². The topological polar surface area (TPSA) is 79.5 Å². The van der Waals surface area contributed by atoms with E-state index < -0.39 is 6.04 Å². The average molecular weight is 373 g/mol. The summed E-state index contributed by atoms with van der Waals surface area (Å²) in [6, 6.07) is 10.9. The molecule has 3 N–H and O–H groups in total. The second-order valence-corrected chi connectivity index (χ2v) is 7.22. The molecule has 1 aromatic carbocycles. The largest absolute Gasteiger partial charge is 0.382 e. The van der Waals surface area contributed by atoms with Crippen LogP contribution >= 0.6 is 11.3 Å². The second-order valence-electron chi connectivity index (χ2n) is 6.27.